The van der Waals surface area contributed by atoms with Crippen LogP contribution in [0.15, 0.2) is 9.68 Å². The SMILES string of the molecule is CC(C)c1noc(CSc2nnc(N)n2C(C)C)n1. The first kappa shape index (κ1) is 13.9. The summed E-state index contributed by atoms with van der Waals surface area (Å²) in [6.45, 7) is 8.12. The molecule has 0 aromatic carbocycles. The summed E-state index contributed by atoms with van der Waals surface area (Å²) < 4.78 is 7.06. The number of nitrogens with zero attached hydrogens (tertiary/aromatic N) is 5. The lowest BCUT2D eigenvalue weighted by molar-refractivity contribution is 0.382. The average Bonchev–Trinajstić information content (AvgIpc) is 2.92. The Morgan fingerprint density at radius 1 is 1.26 bits per heavy atom. The highest BCUT2D eigenvalue weighted by atomic mass is 32.2. The van der Waals surface area contributed by atoms with E-state index in [0.717, 1.165) is 11.0 Å². The Morgan fingerprint density at radius 3 is 2.58 bits per heavy atom. The maximum atomic E-state index is 5.78. The zero-order valence-electron chi connectivity index (χ0n) is 11.5. The molecule has 0 radical (unpaired) electrons. The number of rotatable bonds is 5. The molecule has 0 aliphatic heterocycles. The molecule has 0 amide bonds. The normalized spacial score (nSPS) is 11.7. The zero-order chi connectivity index (χ0) is 14.0. The highest BCUT2D eigenvalue weighted by Crippen LogP contribution is 2.25. The molecule has 8 heteroatoms. The van der Waals surface area contributed by atoms with Crippen LogP contribution in [0.1, 0.15) is 51.4 Å². The van der Waals surface area contributed by atoms with E-state index in [1.54, 1.807) is 0 Å². The van der Waals surface area contributed by atoms with Gasteiger partial charge in [-0.05, 0) is 13.8 Å². The minimum atomic E-state index is 0.214. The van der Waals surface area contributed by atoms with Gasteiger partial charge in [0.1, 0.15) is 0 Å². The van der Waals surface area contributed by atoms with E-state index < -0.39 is 0 Å². The van der Waals surface area contributed by atoms with Crippen LogP contribution in [-0.4, -0.2) is 24.9 Å². The number of anilines is 1. The van der Waals surface area contributed by atoms with Crippen LogP contribution in [0.2, 0.25) is 0 Å². The molecule has 0 unspecified atom stereocenters. The molecule has 0 aliphatic carbocycles. The molecule has 0 spiro atoms. The predicted octanol–water partition coefficient (Wildman–Crippen LogP) is 2.24. The molecule has 104 valence electrons. The lowest BCUT2D eigenvalue weighted by atomic mass is 10.2. The smallest absolute Gasteiger partial charge is 0.237 e. The van der Waals surface area contributed by atoms with Crippen molar-refractivity contribution >= 4 is 17.7 Å². The first-order chi connectivity index (χ1) is 8.99. The maximum absolute atomic E-state index is 5.78. The number of hydrogen-bond acceptors (Lipinski definition) is 7. The van der Waals surface area contributed by atoms with Crippen molar-refractivity contribution in [3.8, 4) is 0 Å². The summed E-state index contributed by atoms with van der Waals surface area (Å²) in [4.78, 5) is 4.32. The van der Waals surface area contributed by atoms with Gasteiger partial charge in [0.2, 0.25) is 11.8 Å². The van der Waals surface area contributed by atoms with Gasteiger partial charge in [-0.3, -0.25) is 4.57 Å². The van der Waals surface area contributed by atoms with Crippen LogP contribution < -0.4 is 5.73 Å². The second kappa shape index (κ2) is 5.60. The fraction of sp³-hybridized carbons (Fsp3) is 0.636. The zero-order valence-corrected chi connectivity index (χ0v) is 12.3. The van der Waals surface area contributed by atoms with E-state index in [1.165, 1.54) is 11.8 Å². The molecule has 2 aromatic rings. The van der Waals surface area contributed by atoms with E-state index in [0.29, 0.717) is 17.6 Å². The molecule has 0 saturated heterocycles. The molecule has 0 aliphatic rings. The van der Waals surface area contributed by atoms with E-state index in [-0.39, 0.29) is 12.0 Å². The third-order valence-corrected chi connectivity index (χ3v) is 3.46. The molecule has 0 atom stereocenters. The van der Waals surface area contributed by atoms with Gasteiger partial charge in [0, 0.05) is 12.0 Å². The minimum Gasteiger partial charge on any atom is -0.368 e. The molecule has 7 nitrogen and oxygen atoms in total. The molecule has 0 fully saturated rings. The van der Waals surface area contributed by atoms with Crippen molar-refractivity contribution in [3.63, 3.8) is 0 Å². The van der Waals surface area contributed by atoms with Crippen LogP contribution >= 0.6 is 11.8 Å². The fourth-order valence-electron chi connectivity index (χ4n) is 1.56. The quantitative estimate of drug-likeness (QED) is 0.840. The average molecular weight is 282 g/mol. The van der Waals surface area contributed by atoms with Crippen molar-refractivity contribution in [1.29, 1.82) is 0 Å². The fourth-order valence-corrected chi connectivity index (χ4v) is 2.47. The molecule has 2 heterocycles. The Bertz CT molecular complexity index is 547. The largest absolute Gasteiger partial charge is 0.368 e. The van der Waals surface area contributed by atoms with Crippen molar-refractivity contribution < 1.29 is 4.52 Å². The Balaban J connectivity index is 2.06. The first-order valence-electron chi connectivity index (χ1n) is 6.14. The molecule has 0 bridgehead atoms. The lowest BCUT2D eigenvalue weighted by Crippen LogP contribution is -2.07. The van der Waals surface area contributed by atoms with Gasteiger partial charge in [0.05, 0.1) is 5.75 Å². The van der Waals surface area contributed by atoms with Gasteiger partial charge >= 0.3 is 0 Å². The van der Waals surface area contributed by atoms with Gasteiger partial charge < -0.3 is 10.3 Å². The summed E-state index contributed by atoms with van der Waals surface area (Å²) in [5.74, 6) is 2.55. The second-order valence-electron chi connectivity index (χ2n) is 4.79. The van der Waals surface area contributed by atoms with Crippen LogP contribution in [0.5, 0.6) is 0 Å². The number of nitrogen functional groups attached to an aromatic ring is 1. The highest BCUT2D eigenvalue weighted by Gasteiger charge is 2.15. The number of nitrogens with two attached hydrogens (primary N) is 1. The van der Waals surface area contributed by atoms with Gasteiger partial charge in [0.25, 0.3) is 0 Å². The van der Waals surface area contributed by atoms with Gasteiger partial charge in [-0.15, -0.1) is 10.2 Å². The molecule has 2 aromatic heterocycles. The Hall–Kier alpha value is -1.57. The third-order valence-electron chi connectivity index (χ3n) is 2.53. The van der Waals surface area contributed by atoms with Crippen LogP contribution in [0.25, 0.3) is 0 Å². The molecule has 2 rings (SSSR count). The summed E-state index contributed by atoms with van der Waals surface area (Å²) in [6.07, 6.45) is 0. The Kier molecular flexibility index (Phi) is 4.08. The van der Waals surface area contributed by atoms with Gasteiger partial charge in [-0.25, -0.2) is 0 Å². The van der Waals surface area contributed by atoms with E-state index >= 15 is 0 Å². The van der Waals surface area contributed by atoms with E-state index in [9.17, 15) is 0 Å². The van der Waals surface area contributed by atoms with Gasteiger partial charge in [-0.1, -0.05) is 30.8 Å². The van der Waals surface area contributed by atoms with E-state index in [1.807, 2.05) is 32.3 Å². The number of aromatic nitrogens is 5. The summed E-state index contributed by atoms with van der Waals surface area (Å²) in [7, 11) is 0. The van der Waals surface area contributed by atoms with Crippen molar-refractivity contribution in [1.82, 2.24) is 24.9 Å². The van der Waals surface area contributed by atoms with Gasteiger partial charge in [-0.2, -0.15) is 4.98 Å². The number of hydrogen-bond donors (Lipinski definition) is 1. The van der Waals surface area contributed by atoms with Crippen molar-refractivity contribution in [2.75, 3.05) is 5.73 Å². The predicted molar refractivity (Wildman–Crippen MR) is 72.8 cm³/mol. The molecular weight excluding hydrogens is 264 g/mol. The molecular formula is C11H18N6OS. The third kappa shape index (κ3) is 3.06. The Morgan fingerprint density at radius 2 is 2.00 bits per heavy atom. The molecule has 0 saturated carbocycles. The van der Waals surface area contributed by atoms with E-state index in [2.05, 4.69) is 20.3 Å². The summed E-state index contributed by atoms with van der Waals surface area (Å²) >= 11 is 1.49. The van der Waals surface area contributed by atoms with Gasteiger partial charge in [0.15, 0.2) is 11.0 Å². The molecule has 2 N–H and O–H groups in total. The van der Waals surface area contributed by atoms with Crippen LogP contribution in [0.3, 0.4) is 0 Å². The summed E-state index contributed by atoms with van der Waals surface area (Å²) in [5.41, 5.74) is 5.78. The van der Waals surface area contributed by atoms with Crippen LogP contribution in [-0.2, 0) is 5.75 Å². The number of thioether (sulfide) groups is 1. The lowest BCUT2D eigenvalue weighted by Gasteiger charge is -2.10. The van der Waals surface area contributed by atoms with E-state index in [4.69, 9.17) is 10.3 Å². The monoisotopic (exact) mass is 282 g/mol. The van der Waals surface area contributed by atoms with Crippen molar-refractivity contribution in [3.05, 3.63) is 11.7 Å². The first-order valence-corrected chi connectivity index (χ1v) is 7.13. The topological polar surface area (TPSA) is 95.6 Å². The highest BCUT2D eigenvalue weighted by molar-refractivity contribution is 7.98. The second-order valence-corrected chi connectivity index (χ2v) is 5.74. The minimum absolute atomic E-state index is 0.214. The van der Waals surface area contributed by atoms with Crippen LogP contribution in [0, 0.1) is 0 Å². The molecule has 19 heavy (non-hydrogen) atoms. The van der Waals surface area contributed by atoms with Crippen LogP contribution in [0.4, 0.5) is 5.95 Å². The van der Waals surface area contributed by atoms with Crippen molar-refractivity contribution in [2.24, 2.45) is 0 Å². The van der Waals surface area contributed by atoms with Crippen molar-refractivity contribution in [2.45, 2.75) is 50.6 Å². The standard InChI is InChI=1S/C11H18N6OS/c1-6(2)9-13-8(18-16-9)5-19-11-15-14-10(12)17(11)7(3)4/h6-7H,5H2,1-4H3,(H2,12,14). The summed E-state index contributed by atoms with van der Waals surface area (Å²) in [5, 5.41) is 12.6. The summed E-state index contributed by atoms with van der Waals surface area (Å²) in [6, 6.07) is 0.214. The maximum Gasteiger partial charge on any atom is 0.237 e. The Labute approximate surface area is 116 Å².